The minimum Gasteiger partial charge on any atom is -0.491 e. The molecule has 0 fully saturated rings. The number of carboxylic acid groups (broad SMARTS) is 1. The third-order valence-electron chi connectivity index (χ3n) is 3.94. The summed E-state index contributed by atoms with van der Waals surface area (Å²) in [6.07, 6.45) is 1.85. The molecule has 2 rings (SSSR count). The predicted molar refractivity (Wildman–Crippen MR) is 114 cm³/mol. The normalized spacial score (nSPS) is 11.1. The second kappa shape index (κ2) is 11.4. The van der Waals surface area contributed by atoms with Crippen LogP contribution in [0.25, 0.3) is 6.08 Å². The molecule has 2 aromatic carbocycles. The summed E-state index contributed by atoms with van der Waals surface area (Å²) in [4.78, 5) is 35.7. The Bertz CT molecular complexity index is 890. The van der Waals surface area contributed by atoms with E-state index in [-0.39, 0.29) is 24.8 Å². The highest BCUT2D eigenvalue weighted by molar-refractivity contribution is 6.05. The Balaban J connectivity index is 2.16. The maximum atomic E-state index is 12.6. The van der Waals surface area contributed by atoms with Crippen LogP contribution in [0, 0.1) is 0 Å². The number of ether oxygens (including phenoxy) is 1. The van der Waals surface area contributed by atoms with Crippen LogP contribution in [-0.4, -0.2) is 35.5 Å². The number of aliphatic carboxylic acids is 1. The fourth-order valence-corrected chi connectivity index (χ4v) is 2.56. The SMILES string of the molecule is CC(C)Oc1ccc(C=C(NC(=O)c2ccccc2)C(=O)NCCCC(=O)O)cc1. The summed E-state index contributed by atoms with van der Waals surface area (Å²) in [5.41, 5.74) is 1.19. The maximum absolute atomic E-state index is 12.6. The summed E-state index contributed by atoms with van der Waals surface area (Å²) < 4.78 is 5.61. The molecule has 7 heteroatoms. The third kappa shape index (κ3) is 7.79. The summed E-state index contributed by atoms with van der Waals surface area (Å²) in [5, 5.41) is 14.0. The zero-order valence-electron chi connectivity index (χ0n) is 17.1. The van der Waals surface area contributed by atoms with E-state index in [1.165, 1.54) is 0 Å². The van der Waals surface area contributed by atoms with Crippen molar-refractivity contribution in [2.24, 2.45) is 0 Å². The van der Waals surface area contributed by atoms with Crippen LogP contribution in [0.3, 0.4) is 0 Å². The van der Waals surface area contributed by atoms with Crippen molar-refractivity contribution in [1.29, 1.82) is 0 Å². The number of amides is 2. The minimum absolute atomic E-state index is 0.0451. The van der Waals surface area contributed by atoms with Crippen molar-refractivity contribution in [2.75, 3.05) is 6.54 Å². The van der Waals surface area contributed by atoms with Gasteiger partial charge in [-0.25, -0.2) is 0 Å². The van der Waals surface area contributed by atoms with Gasteiger partial charge in [0.05, 0.1) is 6.10 Å². The molecule has 7 nitrogen and oxygen atoms in total. The van der Waals surface area contributed by atoms with Crippen LogP contribution in [0.1, 0.15) is 42.6 Å². The minimum atomic E-state index is -0.930. The molecule has 0 radical (unpaired) electrons. The molecule has 158 valence electrons. The van der Waals surface area contributed by atoms with E-state index in [0.717, 1.165) is 0 Å². The van der Waals surface area contributed by atoms with E-state index in [9.17, 15) is 14.4 Å². The van der Waals surface area contributed by atoms with Crippen LogP contribution in [0.2, 0.25) is 0 Å². The average Bonchev–Trinajstić information content (AvgIpc) is 2.72. The second-order valence-electron chi connectivity index (χ2n) is 6.87. The van der Waals surface area contributed by atoms with Crippen molar-refractivity contribution in [3.05, 3.63) is 71.4 Å². The number of carbonyl (C=O) groups excluding carboxylic acids is 2. The van der Waals surface area contributed by atoms with E-state index >= 15 is 0 Å². The highest BCUT2D eigenvalue weighted by Gasteiger charge is 2.14. The van der Waals surface area contributed by atoms with Gasteiger partial charge in [0.15, 0.2) is 0 Å². The molecule has 0 spiro atoms. The molecule has 2 amide bonds. The Labute approximate surface area is 175 Å². The molecule has 0 aliphatic rings. The van der Waals surface area contributed by atoms with Crippen LogP contribution in [0.15, 0.2) is 60.3 Å². The van der Waals surface area contributed by atoms with Gasteiger partial charge < -0.3 is 20.5 Å². The van der Waals surface area contributed by atoms with Crippen molar-refractivity contribution < 1.29 is 24.2 Å². The van der Waals surface area contributed by atoms with Crippen molar-refractivity contribution in [2.45, 2.75) is 32.8 Å². The molecule has 0 atom stereocenters. The smallest absolute Gasteiger partial charge is 0.303 e. The van der Waals surface area contributed by atoms with Crippen molar-refractivity contribution in [1.82, 2.24) is 10.6 Å². The van der Waals surface area contributed by atoms with E-state index < -0.39 is 17.8 Å². The molecule has 0 saturated heterocycles. The first-order chi connectivity index (χ1) is 14.3. The first kappa shape index (κ1) is 22.7. The standard InChI is InChI=1S/C23H26N2O5/c1-16(2)30-19-12-10-17(11-13-19)15-20(23(29)24-14-6-9-21(26)27)25-22(28)18-7-4-3-5-8-18/h3-5,7-8,10-13,15-16H,6,9,14H2,1-2H3,(H,24,29)(H,25,28)(H,26,27). The second-order valence-corrected chi connectivity index (χ2v) is 6.87. The van der Waals surface area contributed by atoms with Gasteiger partial charge in [0.1, 0.15) is 11.4 Å². The Morgan fingerprint density at radius 1 is 1.03 bits per heavy atom. The van der Waals surface area contributed by atoms with Gasteiger partial charge in [-0.05, 0) is 56.2 Å². The number of hydrogen-bond acceptors (Lipinski definition) is 4. The molecule has 3 N–H and O–H groups in total. The molecule has 2 aromatic rings. The molecular weight excluding hydrogens is 384 g/mol. The first-order valence-corrected chi connectivity index (χ1v) is 9.70. The number of benzene rings is 2. The van der Waals surface area contributed by atoms with Gasteiger partial charge >= 0.3 is 5.97 Å². The Morgan fingerprint density at radius 2 is 1.70 bits per heavy atom. The van der Waals surface area contributed by atoms with Crippen LogP contribution >= 0.6 is 0 Å². The summed E-state index contributed by atoms with van der Waals surface area (Å²) in [6, 6.07) is 15.7. The summed E-state index contributed by atoms with van der Waals surface area (Å²) >= 11 is 0. The molecule has 0 heterocycles. The van der Waals surface area contributed by atoms with Gasteiger partial charge in [-0.1, -0.05) is 30.3 Å². The van der Waals surface area contributed by atoms with Gasteiger partial charge in [0, 0.05) is 18.5 Å². The zero-order valence-corrected chi connectivity index (χ0v) is 17.1. The molecular formula is C23H26N2O5. The highest BCUT2D eigenvalue weighted by atomic mass is 16.5. The lowest BCUT2D eigenvalue weighted by molar-refractivity contribution is -0.137. The van der Waals surface area contributed by atoms with Crippen molar-refractivity contribution >= 4 is 23.9 Å². The number of hydrogen-bond donors (Lipinski definition) is 3. The average molecular weight is 410 g/mol. The van der Waals surface area contributed by atoms with Crippen molar-refractivity contribution in [3.63, 3.8) is 0 Å². The number of nitrogens with one attached hydrogen (secondary N) is 2. The van der Waals surface area contributed by atoms with E-state index in [0.29, 0.717) is 23.3 Å². The van der Waals surface area contributed by atoms with Gasteiger partial charge in [0.25, 0.3) is 11.8 Å². The topological polar surface area (TPSA) is 105 Å². The number of carboxylic acids is 1. The van der Waals surface area contributed by atoms with E-state index in [1.807, 2.05) is 13.8 Å². The molecule has 0 bridgehead atoms. The molecule has 0 unspecified atom stereocenters. The lowest BCUT2D eigenvalue weighted by atomic mass is 10.1. The Morgan fingerprint density at radius 3 is 2.30 bits per heavy atom. The highest BCUT2D eigenvalue weighted by Crippen LogP contribution is 2.16. The Kier molecular flexibility index (Phi) is 8.62. The third-order valence-corrected chi connectivity index (χ3v) is 3.94. The lowest BCUT2D eigenvalue weighted by Gasteiger charge is -2.12. The largest absolute Gasteiger partial charge is 0.491 e. The zero-order chi connectivity index (χ0) is 21.9. The molecule has 0 saturated carbocycles. The molecule has 0 aliphatic heterocycles. The van der Waals surface area contributed by atoms with E-state index in [2.05, 4.69) is 10.6 Å². The summed E-state index contributed by atoms with van der Waals surface area (Å²) in [7, 11) is 0. The fraction of sp³-hybridized carbons (Fsp3) is 0.261. The maximum Gasteiger partial charge on any atom is 0.303 e. The molecule has 0 aliphatic carbocycles. The van der Waals surface area contributed by atoms with Crippen molar-refractivity contribution in [3.8, 4) is 5.75 Å². The van der Waals surface area contributed by atoms with Crippen LogP contribution in [-0.2, 0) is 9.59 Å². The van der Waals surface area contributed by atoms with Crippen LogP contribution in [0.5, 0.6) is 5.75 Å². The van der Waals surface area contributed by atoms with Gasteiger partial charge in [0.2, 0.25) is 0 Å². The van der Waals surface area contributed by atoms with Crippen LogP contribution in [0.4, 0.5) is 0 Å². The molecule has 30 heavy (non-hydrogen) atoms. The first-order valence-electron chi connectivity index (χ1n) is 9.70. The fourth-order valence-electron chi connectivity index (χ4n) is 2.56. The number of rotatable bonds is 10. The molecule has 0 aromatic heterocycles. The van der Waals surface area contributed by atoms with E-state index in [4.69, 9.17) is 9.84 Å². The predicted octanol–water partition coefficient (Wildman–Crippen LogP) is 3.23. The quantitative estimate of drug-likeness (QED) is 0.412. The number of carbonyl (C=O) groups is 3. The monoisotopic (exact) mass is 410 g/mol. The Hall–Kier alpha value is -3.61. The van der Waals surface area contributed by atoms with Gasteiger partial charge in [-0.3, -0.25) is 14.4 Å². The lowest BCUT2D eigenvalue weighted by Crippen LogP contribution is -2.35. The van der Waals surface area contributed by atoms with Crippen LogP contribution < -0.4 is 15.4 Å². The van der Waals surface area contributed by atoms with Gasteiger partial charge in [-0.15, -0.1) is 0 Å². The van der Waals surface area contributed by atoms with E-state index in [1.54, 1.807) is 60.7 Å². The summed E-state index contributed by atoms with van der Waals surface area (Å²) in [6.45, 7) is 4.05. The van der Waals surface area contributed by atoms with Gasteiger partial charge in [-0.2, -0.15) is 0 Å². The summed E-state index contributed by atoms with van der Waals surface area (Å²) in [5.74, 6) is -1.13.